The Labute approximate surface area is 152 Å². The molecule has 1 aromatic rings. The van der Waals surface area contributed by atoms with Crippen LogP contribution in [0.5, 0.6) is 0 Å². The average Bonchev–Trinajstić information content (AvgIpc) is 3.33. The first-order valence-corrected chi connectivity index (χ1v) is 8.81. The highest BCUT2D eigenvalue weighted by Gasteiger charge is 2.40. The molecule has 138 valence electrons. The summed E-state index contributed by atoms with van der Waals surface area (Å²) in [6, 6.07) is 1.66. The number of alkyl halides is 1. The first-order chi connectivity index (χ1) is 12.5. The minimum atomic E-state index is -0.922. The van der Waals surface area contributed by atoms with Gasteiger partial charge >= 0.3 is 0 Å². The van der Waals surface area contributed by atoms with Crippen LogP contribution in [0.25, 0.3) is 0 Å². The Kier molecular flexibility index (Phi) is 5.45. The lowest BCUT2D eigenvalue weighted by molar-refractivity contribution is -0.130. The van der Waals surface area contributed by atoms with Crippen LogP contribution in [0.15, 0.2) is 28.8 Å². The lowest BCUT2D eigenvalue weighted by Crippen LogP contribution is -2.41. The molecule has 1 fully saturated rings. The highest BCUT2D eigenvalue weighted by Crippen LogP contribution is 2.37. The molecule has 8 heteroatoms. The molecule has 3 rings (SSSR count). The molecule has 0 N–H and O–H groups in total. The van der Waals surface area contributed by atoms with Gasteiger partial charge in [-0.05, 0) is 6.07 Å². The Hall–Kier alpha value is -2.56. The summed E-state index contributed by atoms with van der Waals surface area (Å²) in [7, 11) is 1.75. The molecule has 2 aliphatic rings. The molecule has 0 aromatic carbocycles. The Morgan fingerprint density at radius 3 is 2.96 bits per heavy atom. The van der Waals surface area contributed by atoms with Crippen molar-refractivity contribution in [1.82, 2.24) is 14.9 Å². The van der Waals surface area contributed by atoms with Gasteiger partial charge in [0.25, 0.3) is 0 Å². The zero-order valence-electron chi connectivity index (χ0n) is 14.9. The minimum absolute atomic E-state index is 0.00679. The predicted octanol–water partition coefficient (Wildman–Crippen LogP) is 2.21. The Morgan fingerprint density at radius 1 is 1.50 bits per heavy atom. The first kappa shape index (κ1) is 18.2. The third kappa shape index (κ3) is 4.34. The van der Waals surface area contributed by atoms with E-state index < -0.39 is 11.8 Å². The fourth-order valence-electron chi connectivity index (χ4n) is 3.35. The van der Waals surface area contributed by atoms with Crippen molar-refractivity contribution in [3.05, 3.63) is 18.6 Å². The number of hydrogen-bond acceptors (Lipinski definition) is 6. The van der Waals surface area contributed by atoms with Crippen molar-refractivity contribution in [3.8, 4) is 12.3 Å². The number of terminal acetylenes is 1. The number of anilines is 1. The fourth-order valence-corrected chi connectivity index (χ4v) is 3.35. The van der Waals surface area contributed by atoms with Crippen LogP contribution in [0.3, 0.4) is 0 Å². The molecule has 1 aromatic heterocycles. The van der Waals surface area contributed by atoms with Crippen LogP contribution in [0.4, 0.5) is 10.2 Å². The monoisotopic (exact) mass is 358 g/mol. The fraction of sp³-hybridized carbons (Fsp3) is 0.611. The molecule has 26 heavy (non-hydrogen) atoms. The van der Waals surface area contributed by atoms with E-state index in [9.17, 15) is 9.18 Å². The number of halogens is 1. The van der Waals surface area contributed by atoms with E-state index in [0.29, 0.717) is 44.5 Å². The molecule has 0 aliphatic carbocycles. The van der Waals surface area contributed by atoms with Gasteiger partial charge in [-0.25, -0.2) is 14.4 Å². The van der Waals surface area contributed by atoms with Crippen LogP contribution >= 0.6 is 0 Å². The number of likely N-dealkylation sites (N-methyl/N-ethyl adjacent to an activating group) is 1. The molecule has 7 nitrogen and oxygen atoms in total. The second-order valence-electron chi connectivity index (χ2n) is 6.87. The number of hydrogen-bond donors (Lipinski definition) is 0. The van der Waals surface area contributed by atoms with Crippen molar-refractivity contribution in [1.29, 1.82) is 0 Å². The standard InChI is InChI=1S/C18H23FN6O/c1-3-4-7-18(22-23-18)8-5-17(26)24(2)12-15-10-14(19)11-25(15)16-6-9-20-13-21-16/h1,6,9,13-15H,4-5,7-8,10-12H2,2H3/t14-,15-/m0/s1. The summed E-state index contributed by atoms with van der Waals surface area (Å²) in [6.45, 7) is 0.742. The van der Waals surface area contributed by atoms with Crippen molar-refractivity contribution in [2.24, 2.45) is 10.2 Å². The van der Waals surface area contributed by atoms with Gasteiger partial charge in [0.1, 0.15) is 18.3 Å². The number of carbonyl (C=O) groups is 1. The quantitative estimate of drug-likeness (QED) is 0.668. The molecule has 2 aliphatic heterocycles. The Balaban J connectivity index is 1.52. The topological polar surface area (TPSA) is 74.1 Å². The maximum Gasteiger partial charge on any atom is 0.222 e. The number of carbonyl (C=O) groups excluding carboxylic acids is 1. The van der Waals surface area contributed by atoms with Gasteiger partial charge in [-0.1, -0.05) is 0 Å². The van der Waals surface area contributed by atoms with E-state index in [4.69, 9.17) is 6.42 Å². The summed E-state index contributed by atoms with van der Waals surface area (Å²) in [6.07, 6.45) is 10.0. The van der Waals surface area contributed by atoms with E-state index in [1.54, 1.807) is 24.2 Å². The van der Waals surface area contributed by atoms with Crippen LogP contribution in [0.1, 0.15) is 32.1 Å². The van der Waals surface area contributed by atoms with Crippen LogP contribution in [0, 0.1) is 12.3 Å². The van der Waals surface area contributed by atoms with E-state index in [2.05, 4.69) is 26.1 Å². The summed E-state index contributed by atoms with van der Waals surface area (Å²) >= 11 is 0. The minimum Gasteiger partial charge on any atom is -0.349 e. The summed E-state index contributed by atoms with van der Waals surface area (Å²) in [4.78, 5) is 24.1. The lowest BCUT2D eigenvalue weighted by atomic mass is 10.0. The van der Waals surface area contributed by atoms with Crippen molar-refractivity contribution in [2.75, 3.05) is 25.0 Å². The number of aromatic nitrogens is 2. The summed E-state index contributed by atoms with van der Waals surface area (Å²) in [5.74, 6) is 3.28. The Bertz CT molecular complexity index is 697. The third-order valence-corrected chi connectivity index (χ3v) is 4.93. The molecule has 0 radical (unpaired) electrons. The van der Waals surface area contributed by atoms with Crippen molar-refractivity contribution in [3.63, 3.8) is 0 Å². The van der Waals surface area contributed by atoms with Crippen LogP contribution in [-0.2, 0) is 4.79 Å². The van der Waals surface area contributed by atoms with Crippen molar-refractivity contribution in [2.45, 2.75) is 50.0 Å². The molecule has 0 saturated carbocycles. The molecular weight excluding hydrogens is 335 g/mol. The Morgan fingerprint density at radius 2 is 2.31 bits per heavy atom. The zero-order valence-corrected chi connectivity index (χ0v) is 14.9. The van der Waals surface area contributed by atoms with E-state index >= 15 is 0 Å². The lowest BCUT2D eigenvalue weighted by Gasteiger charge is -2.29. The molecule has 0 bridgehead atoms. The maximum absolute atomic E-state index is 14.0. The molecular formula is C18H23FN6O. The highest BCUT2D eigenvalue weighted by atomic mass is 19.1. The average molecular weight is 358 g/mol. The van der Waals surface area contributed by atoms with Gasteiger partial charge in [-0.15, -0.1) is 12.3 Å². The number of rotatable bonds is 8. The molecule has 1 saturated heterocycles. The maximum atomic E-state index is 14.0. The first-order valence-electron chi connectivity index (χ1n) is 8.81. The highest BCUT2D eigenvalue weighted by molar-refractivity contribution is 5.76. The van der Waals surface area contributed by atoms with Gasteiger partial charge in [0, 0.05) is 51.9 Å². The van der Waals surface area contributed by atoms with Crippen LogP contribution < -0.4 is 4.90 Å². The van der Waals surface area contributed by atoms with E-state index in [1.807, 2.05) is 4.90 Å². The number of nitrogens with zero attached hydrogens (tertiary/aromatic N) is 6. The van der Waals surface area contributed by atoms with E-state index in [-0.39, 0.29) is 18.5 Å². The van der Waals surface area contributed by atoms with Gasteiger partial charge < -0.3 is 9.80 Å². The van der Waals surface area contributed by atoms with Gasteiger partial charge in [-0.2, -0.15) is 10.2 Å². The number of amides is 1. The van der Waals surface area contributed by atoms with Gasteiger partial charge in [0.15, 0.2) is 5.66 Å². The summed E-state index contributed by atoms with van der Waals surface area (Å²) in [5.41, 5.74) is -0.451. The van der Waals surface area contributed by atoms with Gasteiger partial charge in [0.2, 0.25) is 5.91 Å². The second-order valence-corrected chi connectivity index (χ2v) is 6.87. The SMILES string of the molecule is C#CCCC1(CCC(=O)N(C)C[C@@H]2C[C@H](F)CN2c2ccncn2)N=N1. The predicted molar refractivity (Wildman–Crippen MR) is 95.2 cm³/mol. The molecule has 3 heterocycles. The van der Waals surface area contributed by atoms with E-state index in [1.165, 1.54) is 6.33 Å². The third-order valence-electron chi connectivity index (χ3n) is 4.93. The summed E-state index contributed by atoms with van der Waals surface area (Å²) in [5, 5.41) is 8.11. The van der Waals surface area contributed by atoms with Crippen molar-refractivity contribution < 1.29 is 9.18 Å². The molecule has 1 amide bonds. The largest absolute Gasteiger partial charge is 0.349 e. The van der Waals surface area contributed by atoms with Crippen molar-refractivity contribution >= 4 is 11.7 Å². The van der Waals surface area contributed by atoms with Gasteiger partial charge in [0.05, 0.1) is 12.6 Å². The zero-order chi connectivity index (χ0) is 18.6. The summed E-state index contributed by atoms with van der Waals surface area (Å²) < 4.78 is 14.0. The molecule has 2 atom stereocenters. The van der Waals surface area contributed by atoms with Crippen LogP contribution in [0.2, 0.25) is 0 Å². The smallest absolute Gasteiger partial charge is 0.222 e. The second kappa shape index (κ2) is 7.77. The normalized spacial score (nSPS) is 22.9. The van der Waals surface area contributed by atoms with E-state index in [0.717, 1.165) is 0 Å². The van der Waals surface area contributed by atoms with Crippen LogP contribution in [-0.4, -0.2) is 58.8 Å². The molecule has 0 spiro atoms. The molecule has 0 unspecified atom stereocenters. The van der Waals surface area contributed by atoms with Gasteiger partial charge in [-0.3, -0.25) is 4.79 Å².